The van der Waals surface area contributed by atoms with Gasteiger partial charge in [-0.1, -0.05) is 91.8 Å². The average Bonchev–Trinajstić information content (AvgIpc) is 3.19. The van der Waals surface area contributed by atoms with Crippen LogP contribution in [0.4, 0.5) is 5.69 Å². The Balaban J connectivity index is 2.16. The minimum Gasteiger partial charge on any atom is -0.298 e. The highest BCUT2D eigenvalue weighted by atomic mass is 15.1. The molecule has 0 amide bonds. The van der Waals surface area contributed by atoms with E-state index in [1.807, 2.05) is 12.4 Å². The van der Waals surface area contributed by atoms with Crippen molar-refractivity contribution >= 4 is 11.9 Å². The predicted octanol–water partition coefficient (Wildman–Crippen LogP) is 8.12. The summed E-state index contributed by atoms with van der Waals surface area (Å²) >= 11 is 0. The van der Waals surface area contributed by atoms with Crippen LogP contribution in [0.3, 0.4) is 0 Å². The third kappa shape index (κ3) is 4.81. The van der Waals surface area contributed by atoms with E-state index in [0.29, 0.717) is 23.7 Å². The Kier molecular flexibility index (Phi) is 7.15. The molecule has 0 unspecified atom stereocenters. The van der Waals surface area contributed by atoms with Gasteiger partial charge in [0.2, 0.25) is 0 Å². The van der Waals surface area contributed by atoms with E-state index in [4.69, 9.17) is 4.99 Å². The van der Waals surface area contributed by atoms with Crippen LogP contribution >= 0.6 is 0 Å². The fourth-order valence-corrected chi connectivity index (χ4v) is 4.17. The number of rotatable bonds is 7. The van der Waals surface area contributed by atoms with Crippen LogP contribution in [0.15, 0.2) is 53.8 Å². The Labute approximate surface area is 188 Å². The Morgan fingerprint density at radius 1 is 0.710 bits per heavy atom. The summed E-state index contributed by atoms with van der Waals surface area (Å²) in [6, 6.07) is 13.2. The van der Waals surface area contributed by atoms with E-state index < -0.39 is 0 Å². The quantitative estimate of drug-likeness (QED) is 0.358. The van der Waals surface area contributed by atoms with Gasteiger partial charge in [0.05, 0.1) is 17.6 Å². The fraction of sp³-hybridized carbons (Fsp3) is 0.429. The van der Waals surface area contributed by atoms with Gasteiger partial charge in [-0.2, -0.15) is 0 Å². The largest absolute Gasteiger partial charge is 0.298 e. The molecule has 0 aliphatic carbocycles. The first-order valence-corrected chi connectivity index (χ1v) is 11.6. The van der Waals surface area contributed by atoms with Gasteiger partial charge in [-0.25, -0.2) is 4.98 Å². The van der Waals surface area contributed by atoms with Crippen molar-refractivity contribution < 1.29 is 0 Å². The minimum atomic E-state index is 0.416. The first kappa shape index (κ1) is 23.0. The third-order valence-electron chi connectivity index (χ3n) is 5.90. The number of imidazole rings is 1. The molecule has 0 atom stereocenters. The SMILES string of the molecule is CC(C)c1cccc(C(C)C)c1N=Cc1nccn1-c1c(C(C)C)cccc1C(C)C. The molecule has 0 aliphatic heterocycles. The summed E-state index contributed by atoms with van der Waals surface area (Å²) < 4.78 is 2.21. The van der Waals surface area contributed by atoms with Crippen LogP contribution < -0.4 is 0 Å². The zero-order valence-electron chi connectivity index (χ0n) is 20.3. The van der Waals surface area contributed by atoms with E-state index in [0.717, 1.165) is 11.5 Å². The molecule has 1 heterocycles. The van der Waals surface area contributed by atoms with E-state index in [9.17, 15) is 0 Å². The summed E-state index contributed by atoms with van der Waals surface area (Å²) in [6.45, 7) is 17.9. The van der Waals surface area contributed by atoms with Crippen molar-refractivity contribution in [3.63, 3.8) is 0 Å². The first-order chi connectivity index (χ1) is 14.7. The molecule has 31 heavy (non-hydrogen) atoms. The standard InChI is InChI=1S/C28H37N3/c1-18(2)22-11-9-12-23(19(3)4)27(22)30-17-26-29-15-16-31(26)28-24(20(5)6)13-10-14-25(28)21(7)8/h9-21H,1-8H3. The lowest BCUT2D eigenvalue weighted by Crippen LogP contribution is -2.09. The monoisotopic (exact) mass is 415 g/mol. The molecule has 0 aliphatic rings. The van der Waals surface area contributed by atoms with Gasteiger partial charge in [-0.05, 0) is 45.9 Å². The van der Waals surface area contributed by atoms with Gasteiger partial charge in [0.15, 0.2) is 5.82 Å². The number of benzene rings is 2. The minimum absolute atomic E-state index is 0.416. The number of aromatic nitrogens is 2. The van der Waals surface area contributed by atoms with Gasteiger partial charge in [0, 0.05) is 12.4 Å². The lowest BCUT2D eigenvalue weighted by atomic mass is 9.92. The molecule has 164 valence electrons. The van der Waals surface area contributed by atoms with Crippen molar-refractivity contribution in [1.29, 1.82) is 0 Å². The summed E-state index contributed by atoms with van der Waals surface area (Å²) in [5.74, 6) is 2.55. The molecule has 0 saturated carbocycles. The molecule has 0 N–H and O–H groups in total. The molecular formula is C28H37N3. The lowest BCUT2D eigenvalue weighted by Gasteiger charge is -2.21. The fourth-order valence-electron chi connectivity index (χ4n) is 4.17. The highest BCUT2D eigenvalue weighted by Gasteiger charge is 2.18. The van der Waals surface area contributed by atoms with Crippen LogP contribution in [0.25, 0.3) is 5.69 Å². The highest BCUT2D eigenvalue weighted by Crippen LogP contribution is 2.35. The van der Waals surface area contributed by atoms with E-state index in [1.54, 1.807) is 0 Å². The van der Waals surface area contributed by atoms with E-state index in [-0.39, 0.29) is 0 Å². The van der Waals surface area contributed by atoms with Gasteiger partial charge in [-0.15, -0.1) is 0 Å². The van der Waals surface area contributed by atoms with E-state index >= 15 is 0 Å². The van der Waals surface area contributed by atoms with Gasteiger partial charge >= 0.3 is 0 Å². The lowest BCUT2D eigenvalue weighted by molar-refractivity contribution is 0.803. The summed E-state index contributed by atoms with van der Waals surface area (Å²) in [4.78, 5) is 9.69. The molecule has 0 fully saturated rings. The zero-order chi connectivity index (χ0) is 22.7. The molecular weight excluding hydrogens is 378 g/mol. The topological polar surface area (TPSA) is 30.2 Å². The molecule has 0 radical (unpaired) electrons. The van der Waals surface area contributed by atoms with Crippen molar-refractivity contribution in [3.8, 4) is 5.69 Å². The number of aliphatic imine (C=N–C) groups is 1. The van der Waals surface area contributed by atoms with Crippen molar-refractivity contribution in [3.05, 3.63) is 76.9 Å². The van der Waals surface area contributed by atoms with Crippen molar-refractivity contribution in [2.24, 2.45) is 4.99 Å². The second kappa shape index (κ2) is 9.64. The van der Waals surface area contributed by atoms with Crippen LogP contribution in [-0.4, -0.2) is 15.8 Å². The Bertz CT molecular complexity index is 999. The van der Waals surface area contributed by atoms with Crippen LogP contribution in [0.1, 0.15) is 107 Å². The third-order valence-corrected chi connectivity index (χ3v) is 5.90. The zero-order valence-corrected chi connectivity index (χ0v) is 20.3. The average molecular weight is 416 g/mol. The maximum Gasteiger partial charge on any atom is 0.155 e. The molecule has 1 aromatic heterocycles. The van der Waals surface area contributed by atoms with Crippen LogP contribution in [0, 0.1) is 0 Å². The molecule has 2 aromatic carbocycles. The molecule has 0 saturated heterocycles. The molecule has 0 bridgehead atoms. The molecule has 0 spiro atoms. The second-order valence-electron chi connectivity index (χ2n) is 9.60. The molecule has 3 rings (SSSR count). The highest BCUT2D eigenvalue weighted by molar-refractivity contribution is 5.80. The van der Waals surface area contributed by atoms with Gasteiger partial charge < -0.3 is 0 Å². The predicted molar refractivity (Wildman–Crippen MR) is 134 cm³/mol. The maximum atomic E-state index is 5.02. The Morgan fingerprint density at radius 2 is 1.16 bits per heavy atom. The smallest absolute Gasteiger partial charge is 0.155 e. The van der Waals surface area contributed by atoms with Crippen LogP contribution in [0.5, 0.6) is 0 Å². The molecule has 3 heteroatoms. The van der Waals surface area contributed by atoms with Crippen molar-refractivity contribution in [2.45, 2.75) is 79.1 Å². The van der Waals surface area contributed by atoms with Crippen LogP contribution in [-0.2, 0) is 0 Å². The Morgan fingerprint density at radius 3 is 1.61 bits per heavy atom. The molecule has 3 aromatic rings. The number of hydrogen-bond donors (Lipinski definition) is 0. The summed E-state index contributed by atoms with van der Waals surface area (Å²) in [5.41, 5.74) is 7.57. The number of para-hydroxylation sites is 2. The summed E-state index contributed by atoms with van der Waals surface area (Å²) in [7, 11) is 0. The Hall–Kier alpha value is -2.68. The molecule has 3 nitrogen and oxygen atoms in total. The van der Waals surface area contributed by atoms with E-state index in [1.165, 1.54) is 27.9 Å². The number of hydrogen-bond acceptors (Lipinski definition) is 2. The first-order valence-electron chi connectivity index (χ1n) is 11.6. The normalized spacial score (nSPS) is 12.3. The van der Waals surface area contributed by atoms with Gasteiger partial charge in [-0.3, -0.25) is 9.56 Å². The van der Waals surface area contributed by atoms with Crippen molar-refractivity contribution in [1.82, 2.24) is 9.55 Å². The second-order valence-corrected chi connectivity index (χ2v) is 9.60. The summed E-state index contributed by atoms with van der Waals surface area (Å²) in [5, 5.41) is 0. The van der Waals surface area contributed by atoms with Gasteiger partial charge in [0.1, 0.15) is 0 Å². The summed E-state index contributed by atoms with van der Waals surface area (Å²) in [6.07, 6.45) is 5.88. The van der Waals surface area contributed by atoms with E-state index in [2.05, 4.69) is 108 Å². The maximum absolute atomic E-state index is 5.02. The van der Waals surface area contributed by atoms with Gasteiger partial charge in [0.25, 0.3) is 0 Å². The van der Waals surface area contributed by atoms with Crippen LogP contribution in [0.2, 0.25) is 0 Å². The van der Waals surface area contributed by atoms with Crippen molar-refractivity contribution in [2.75, 3.05) is 0 Å². The number of nitrogens with zero attached hydrogens (tertiary/aromatic N) is 3.